The second-order valence-corrected chi connectivity index (χ2v) is 6.10. The van der Waals surface area contributed by atoms with Crippen molar-refractivity contribution < 1.29 is 4.74 Å². The first-order chi connectivity index (χ1) is 8.03. The predicted octanol–water partition coefficient (Wildman–Crippen LogP) is 0.520. The minimum Gasteiger partial charge on any atom is -0.377 e. The van der Waals surface area contributed by atoms with Crippen LogP contribution >= 0.6 is 0 Å². The highest BCUT2D eigenvalue weighted by Crippen LogP contribution is 2.33. The van der Waals surface area contributed by atoms with E-state index < -0.39 is 0 Å². The topological polar surface area (TPSA) is 41.7 Å². The average Bonchev–Trinajstić information content (AvgIpc) is 2.72. The van der Waals surface area contributed by atoms with Gasteiger partial charge in [-0.1, -0.05) is 0 Å². The van der Waals surface area contributed by atoms with Crippen molar-refractivity contribution in [3.8, 4) is 0 Å². The van der Waals surface area contributed by atoms with Crippen LogP contribution in [0.3, 0.4) is 0 Å². The van der Waals surface area contributed by atoms with Gasteiger partial charge < -0.3 is 15.4 Å². The molecule has 2 rings (SSSR count). The normalized spacial score (nSPS) is 40.9. The van der Waals surface area contributed by atoms with E-state index in [1.807, 2.05) is 7.11 Å². The molecule has 2 aliphatic heterocycles. The smallest absolute Gasteiger partial charge is 0.0777 e. The molecule has 0 aromatic rings. The second-order valence-electron chi connectivity index (χ2n) is 6.10. The van der Waals surface area contributed by atoms with Gasteiger partial charge in [0, 0.05) is 32.3 Å². The predicted molar refractivity (Wildman–Crippen MR) is 70.1 cm³/mol. The molecule has 2 aliphatic rings. The van der Waals surface area contributed by atoms with Crippen LogP contribution in [0.15, 0.2) is 0 Å². The molecule has 100 valence electrons. The molecule has 17 heavy (non-hydrogen) atoms. The number of piperidine rings is 1. The summed E-state index contributed by atoms with van der Waals surface area (Å²) in [7, 11) is 4.02. The molecule has 0 amide bonds. The van der Waals surface area contributed by atoms with E-state index in [0.29, 0.717) is 0 Å². The van der Waals surface area contributed by atoms with Crippen molar-refractivity contribution in [2.75, 3.05) is 46.9 Å². The summed E-state index contributed by atoms with van der Waals surface area (Å²) in [6.07, 6.45) is 3.58. The summed E-state index contributed by atoms with van der Waals surface area (Å²) < 4.78 is 5.69. The number of nitrogens with two attached hydrogens (primary N) is 1. The third kappa shape index (κ3) is 2.50. The number of rotatable bonds is 3. The fourth-order valence-electron chi connectivity index (χ4n) is 3.39. The lowest BCUT2D eigenvalue weighted by Crippen LogP contribution is -2.61. The first-order valence-corrected chi connectivity index (χ1v) is 6.72. The number of hydrogen-bond acceptors (Lipinski definition) is 4. The van der Waals surface area contributed by atoms with Crippen LogP contribution in [0.5, 0.6) is 0 Å². The molecule has 0 spiro atoms. The van der Waals surface area contributed by atoms with Crippen LogP contribution in [-0.2, 0) is 4.74 Å². The first-order valence-electron chi connectivity index (χ1n) is 6.72. The molecular formula is C13H27N3O. The Hall–Kier alpha value is -0.160. The van der Waals surface area contributed by atoms with Crippen LogP contribution in [0.25, 0.3) is 0 Å². The lowest BCUT2D eigenvalue weighted by Gasteiger charge is -2.48. The van der Waals surface area contributed by atoms with E-state index in [0.717, 1.165) is 32.6 Å². The van der Waals surface area contributed by atoms with E-state index in [2.05, 4.69) is 23.8 Å². The van der Waals surface area contributed by atoms with Gasteiger partial charge in [0.2, 0.25) is 0 Å². The Labute approximate surface area is 105 Å². The van der Waals surface area contributed by atoms with E-state index in [1.54, 1.807) is 0 Å². The van der Waals surface area contributed by atoms with Crippen molar-refractivity contribution in [3.05, 3.63) is 0 Å². The molecule has 2 atom stereocenters. The maximum atomic E-state index is 6.08. The van der Waals surface area contributed by atoms with E-state index in [-0.39, 0.29) is 11.1 Å². The Morgan fingerprint density at radius 3 is 2.53 bits per heavy atom. The third-order valence-electron chi connectivity index (χ3n) is 4.73. The van der Waals surface area contributed by atoms with Crippen molar-refractivity contribution in [3.63, 3.8) is 0 Å². The molecule has 2 N–H and O–H groups in total. The van der Waals surface area contributed by atoms with Gasteiger partial charge in [-0.2, -0.15) is 0 Å². The van der Waals surface area contributed by atoms with Crippen LogP contribution in [0.2, 0.25) is 0 Å². The summed E-state index contributed by atoms with van der Waals surface area (Å²) in [5, 5.41) is 0. The summed E-state index contributed by atoms with van der Waals surface area (Å²) >= 11 is 0. The lowest BCUT2D eigenvalue weighted by atomic mass is 9.87. The van der Waals surface area contributed by atoms with Crippen LogP contribution in [0.1, 0.15) is 26.2 Å². The van der Waals surface area contributed by atoms with Crippen LogP contribution in [0, 0.1) is 0 Å². The second kappa shape index (κ2) is 4.84. The maximum absolute atomic E-state index is 6.08. The van der Waals surface area contributed by atoms with Gasteiger partial charge in [0.05, 0.1) is 5.60 Å². The molecular weight excluding hydrogens is 214 g/mol. The molecule has 0 aromatic carbocycles. The molecule has 0 aliphatic carbocycles. The molecule has 4 nitrogen and oxygen atoms in total. The van der Waals surface area contributed by atoms with Gasteiger partial charge in [-0.05, 0) is 46.3 Å². The summed E-state index contributed by atoms with van der Waals surface area (Å²) in [5.41, 5.74) is 6.29. The number of hydrogen-bond donors (Lipinski definition) is 1. The zero-order valence-corrected chi connectivity index (χ0v) is 11.5. The Kier molecular flexibility index (Phi) is 3.78. The van der Waals surface area contributed by atoms with Crippen LogP contribution in [0.4, 0.5) is 0 Å². The summed E-state index contributed by atoms with van der Waals surface area (Å²) in [6.45, 7) is 7.44. The highest BCUT2D eigenvalue weighted by Gasteiger charge is 2.44. The molecule has 2 saturated heterocycles. The lowest BCUT2D eigenvalue weighted by molar-refractivity contribution is -0.0777. The van der Waals surface area contributed by atoms with Gasteiger partial charge in [0.25, 0.3) is 0 Å². The zero-order chi connectivity index (χ0) is 12.5. The minimum absolute atomic E-state index is 0.0155. The van der Waals surface area contributed by atoms with Crippen LogP contribution in [-0.4, -0.2) is 67.8 Å². The van der Waals surface area contributed by atoms with E-state index in [1.165, 1.54) is 19.4 Å². The summed E-state index contributed by atoms with van der Waals surface area (Å²) in [5.74, 6) is 0. The van der Waals surface area contributed by atoms with E-state index in [4.69, 9.17) is 10.5 Å². The molecule has 0 saturated carbocycles. The maximum Gasteiger partial charge on any atom is 0.0777 e. The van der Waals surface area contributed by atoms with Gasteiger partial charge in [0.1, 0.15) is 0 Å². The molecule has 4 heteroatoms. The van der Waals surface area contributed by atoms with Gasteiger partial charge in [0.15, 0.2) is 0 Å². The molecule has 0 aromatic heterocycles. The number of ether oxygens (including phenoxy) is 1. The quantitative estimate of drug-likeness (QED) is 0.782. The largest absolute Gasteiger partial charge is 0.377 e. The fourth-order valence-corrected chi connectivity index (χ4v) is 3.39. The number of nitrogens with zero attached hydrogens (tertiary/aromatic N) is 2. The van der Waals surface area contributed by atoms with Crippen molar-refractivity contribution in [2.45, 2.75) is 37.3 Å². The molecule has 0 radical (unpaired) electrons. The van der Waals surface area contributed by atoms with Gasteiger partial charge in [-0.25, -0.2) is 0 Å². The summed E-state index contributed by atoms with van der Waals surface area (Å²) in [6, 6.07) is 0. The van der Waals surface area contributed by atoms with E-state index >= 15 is 0 Å². The Morgan fingerprint density at radius 2 is 2.00 bits per heavy atom. The average molecular weight is 241 g/mol. The highest BCUT2D eigenvalue weighted by atomic mass is 16.5. The molecule has 2 heterocycles. The fraction of sp³-hybridized carbons (Fsp3) is 1.00. The third-order valence-corrected chi connectivity index (χ3v) is 4.73. The van der Waals surface area contributed by atoms with Crippen LogP contribution < -0.4 is 5.73 Å². The molecule has 0 bridgehead atoms. The Morgan fingerprint density at radius 1 is 1.24 bits per heavy atom. The monoisotopic (exact) mass is 241 g/mol. The van der Waals surface area contributed by atoms with Crippen molar-refractivity contribution in [1.29, 1.82) is 0 Å². The standard InChI is InChI=1S/C13H27N3O/c1-12(17-3)5-4-7-16(10-12)13(9-14)6-8-15(2)11-13/h4-11,14H2,1-3H3. The van der Waals surface area contributed by atoms with Crippen molar-refractivity contribution in [1.82, 2.24) is 9.80 Å². The molecule has 2 fully saturated rings. The molecule has 2 unspecified atom stereocenters. The van der Waals surface area contributed by atoms with Gasteiger partial charge >= 0.3 is 0 Å². The first kappa shape index (κ1) is 13.3. The number of methoxy groups -OCH3 is 1. The Balaban J connectivity index is 2.10. The van der Waals surface area contributed by atoms with Crippen molar-refractivity contribution in [2.24, 2.45) is 5.73 Å². The highest BCUT2D eigenvalue weighted by molar-refractivity contribution is 5.02. The Bertz CT molecular complexity index is 273. The SMILES string of the molecule is COC1(C)CCCN(C2(CN)CCN(C)C2)C1. The van der Waals surface area contributed by atoms with Gasteiger partial charge in [-0.15, -0.1) is 0 Å². The van der Waals surface area contributed by atoms with Gasteiger partial charge in [-0.3, -0.25) is 4.90 Å². The van der Waals surface area contributed by atoms with Crippen molar-refractivity contribution >= 4 is 0 Å². The minimum atomic E-state index is 0.0155. The number of likely N-dealkylation sites (tertiary alicyclic amines) is 2. The van der Waals surface area contributed by atoms with E-state index in [9.17, 15) is 0 Å². The summed E-state index contributed by atoms with van der Waals surface area (Å²) in [4.78, 5) is 4.98. The number of likely N-dealkylation sites (N-methyl/N-ethyl adjacent to an activating group) is 1. The zero-order valence-electron chi connectivity index (χ0n) is 11.5.